The van der Waals surface area contributed by atoms with Gasteiger partial charge >= 0.3 is 0 Å². The maximum Gasteiger partial charge on any atom is 0.275 e. The van der Waals surface area contributed by atoms with Crippen molar-refractivity contribution >= 4 is 17.4 Å². The molecule has 126 valence electrons. The number of aromatic nitrogens is 2. The molecule has 2 N–H and O–H groups in total. The van der Waals surface area contributed by atoms with Crippen LogP contribution in [0.5, 0.6) is 0 Å². The number of hydrogen-bond acceptors (Lipinski definition) is 5. The summed E-state index contributed by atoms with van der Waals surface area (Å²) in [6.07, 6.45) is 5.46. The summed E-state index contributed by atoms with van der Waals surface area (Å²) >= 11 is 0. The van der Waals surface area contributed by atoms with Crippen molar-refractivity contribution in [2.75, 3.05) is 23.8 Å². The van der Waals surface area contributed by atoms with Gasteiger partial charge in [0.1, 0.15) is 11.5 Å². The van der Waals surface area contributed by atoms with Crippen molar-refractivity contribution < 1.29 is 9.53 Å². The minimum Gasteiger partial charge on any atom is -0.376 e. The molecule has 0 aliphatic carbocycles. The van der Waals surface area contributed by atoms with Gasteiger partial charge in [0.2, 0.25) is 0 Å². The molecule has 1 aromatic carbocycles. The Kier molecular flexibility index (Phi) is 5.05. The number of rotatable bonds is 5. The zero-order valence-electron chi connectivity index (χ0n) is 14.0. The Bertz CT molecular complexity index is 709. The molecular formula is C18H22N4O2. The fraction of sp³-hybridized carbons (Fsp3) is 0.389. The second-order valence-electron chi connectivity index (χ2n) is 6.06. The Labute approximate surface area is 141 Å². The van der Waals surface area contributed by atoms with E-state index in [1.807, 2.05) is 32.0 Å². The number of amides is 1. The van der Waals surface area contributed by atoms with E-state index in [0.717, 1.165) is 30.7 Å². The summed E-state index contributed by atoms with van der Waals surface area (Å²) in [5.74, 6) is 0.379. The highest BCUT2D eigenvalue weighted by Crippen LogP contribution is 2.15. The number of carbonyl (C=O) groups is 1. The number of benzene rings is 1. The van der Waals surface area contributed by atoms with Gasteiger partial charge in [0.05, 0.1) is 18.5 Å². The van der Waals surface area contributed by atoms with Crippen LogP contribution < -0.4 is 10.6 Å². The molecule has 1 amide bonds. The van der Waals surface area contributed by atoms with Crippen molar-refractivity contribution in [3.8, 4) is 0 Å². The number of nitrogens with one attached hydrogen (secondary N) is 2. The summed E-state index contributed by atoms with van der Waals surface area (Å²) < 4.78 is 5.55. The Balaban J connectivity index is 1.57. The molecule has 6 heteroatoms. The van der Waals surface area contributed by atoms with E-state index in [1.54, 1.807) is 6.20 Å². The van der Waals surface area contributed by atoms with E-state index in [9.17, 15) is 4.79 Å². The SMILES string of the molecule is Cc1ccc(NC(=O)c2cnc(NCC3CCCO3)cn2)cc1C. The Morgan fingerprint density at radius 1 is 1.25 bits per heavy atom. The zero-order chi connectivity index (χ0) is 16.9. The van der Waals surface area contributed by atoms with Gasteiger partial charge in [-0.25, -0.2) is 9.97 Å². The van der Waals surface area contributed by atoms with E-state index >= 15 is 0 Å². The largest absolute Gasteiger partial charge is 0.376 e. The third kappa shape index (κ3) is 4.08. The van der Waals surface area contributed by atoms with E-state index in [-0.39, 0.29) is 17.7 Å². The van der Waals surface area contributed by atoms with Crippen LogP contribution in [0, 0.1) is 13.8 Å². The first kappa shape index (κ1) is 16.4. The van der Waals surface area contributed by atoms with Crippen LogP contribution >= 0.6 is 0 Å². The summed E-state index contributed by atoms with van der Waals surface area (Å²) in [6.45, 7) is 5.59. The molecule has 1 saturated heterocycles. The first-order valence-corrected chi connectivity index (χ1v) is 8.18. The van der Waals surface area contributed by atoms with Crippen LogP contribution in [0.3, 0.4) is 0 Å². The maximum atomic E-state index is 12.2. The number of carbonyl (C=O) groups excluding carboxylic acids is 1. The van der Waals surface area contributed by atoms with Crippen LogP contribution in [-0.2, 0) is 4.74 Å². The lowest BCUT2D eigenvalue weighted by Gasteiger charge is -2.11. The molecule has 1 aliphatic heterocycles. The molecule has 0 saturated carbocycles. The molecule has 24 heavy (non-hydrogen) atoms. The lowest BCUT2D eigenvalue weighted by atomic mass is 10.1. The van der Waals surface area contributed by atoms with Gasteiger partial charge in [-0.3, -0.25) is 4.79 Å². The van der Waals surface area contributed by atoms with Crippen LogP contribution in [-0.4, -0.2) is 35.1 Å². The summed E-state index contributed by atoms with van der Waals surface area (Å²) in [4.78, 5) is 20.7. The van der Waals surface area contributed by atoms with Crippen LogP contribution in [0.15, 0.2) is 30.6 Å². The topological polar surface area (TPSA) is 76.1 Å². The fourth-order valence-corrected chi connectivity index (χ4v) is 2.57. The van der Waals surface area contributed by atoms with Crippen molar-refractivity contribution in [1.82, 2.24) is 9.97 Å². The lowest BCUT2D eigenvalue weighted by molar-refractivity contribution is 0.102. The number of nitrogens with zero attached hydrogens (tertiary/aromatic N) is 2. The van der Waals surface area contributed by atoms with Crippen LogP contribution in [0.25, 0.3) is 0 Å². The van der Waals surface area contributed by atoms with Gasteiger partial charge in [0, 0.05) is 18.8 Å². The normalized spacial score (nSPS) is 16.8. The Hall–Kier alpha value is -2.47. The molecule has 1 aliphatic rings. The molecule has 0 spiro atoms. The predicted molar refractivity (Wildman–Crippen MR) is 93.4 cm³/mol. The standard InChI is InChI=1S/C18H22N4O2/c1-12-5-6-14(8-13(12)2)22-18(23)16-10-21-17(11-19-16)20-9-15-4-3-7-24-15/h5-6,8,10-11,15H,3-4,7,9H2,1-2H3,(H,20,21)(H,22,23). The number of ether oxygens (including phenoxy) is 1. The summed E-state index contributed by atoms with van der Waals surface area (Å²) in [5.41, 5.74) is 3.36. The third-order valence-electron chi connectivity index (χ3n) is 4.18. The minimum absolute atomic E-state index is 0.236. The van der Waals surface area contributed by atoms with Crippen molar-refractivity contribution in [3.63, 3.8) is 0 Å². The first-order valence-electron chi connectivity index (χ1n) is 8.18. The van der Waals surface area contributed by atoms with Gasteiger partial charge in [-0.1, -0.05) is 6.07 Å². The van der Waals surface area contributed by atoms with E-state index in [1.165, 1.54) is 11.8 Å². The molecule has 1 unspecified atom stereocenters. The van der Waals surface area contributed by atoms with Crippen LogP contribution in [0.1, 0.15) is 34.5 Å². The number of anilines is 2. The van der Waals surface area contributed by atoms with E-state index < -0.39 is 0 Å². The molecule has 1 aromatic heterocycles. The average molecular weight is 326 g/mol. The second-order valence-corrected chi connectivity index (χ2v) is 6.06. The van der Waals surface area contributed by atoms with E-state index in [0.29, 0.717) is 12.4 Å². The maximum absolute atomic E-state index is 12.2. The first-order chi connectivity index (χ1) is 11.6. The minimum atomic E-state index is -0.267. The molecule has 1 fully saturated rings. The fourth-order valence-electron chi connectivity index (χ4n) is 2.57. The molecule has 0 bridgehead atoms. The van der Waals surface area contributed by atoms with Gasteiger partial charge < -0.3 is 15.4 Å². The summed E-state index contributed by atoms with van der Waals surface area (Å²) in [6, 6.07) is 5.80. The van der Waals surface area contributed by atoms with Gasteiger partial charge in [-0.15, -0.1) is 0 Å². The van der Waals surface area contributed by atoms with Crippen LogP contribution in [0.2, 0.25) is 0 Å². The van der Waals surface area contributed by atoms with Gasteiger partial charge in [-0.05, 0) is 49.9 Å². The van der Waals surface area contributed by atoms with Gasteiger partial charge in [-0.2, -0.15) is 0 Å². The number of hydrogen-bond donors (Lipinski definition) is 2. The van der Waals surface area contributed by atoms with Crippen LogP contribution in [0.4, 0.5) is 11.5 Å². The van der Waals surface area contributed by atoms with E-state index in [4.69, 9.17) is 4.74 Å². The Morgan fingerprint density at radius 2 is 2.12 bits per heavy atom. The van der Waals surface area contributed by atoms with Crippen molar-refractivity contribution in [1.29, 1.82) is 0 Å². The van der Waals surface area contributed by atoms with Crippen molar-refractivity contribution in [2.24, 2.45) is 0 Å². The quantitative estimate of drug-likeness (QED) is 0.883. The average Bonchev–Trinajstić information content (AvgIpc) is 3.10. The molecule has 1 atom stereocenters. The summed E-state index contributed by atoms with van der Waals surface area (Å²) in [5, 5.41) is 6.03. The molecule has 0 radical (unpaired) electrons. The van der Waals surface area contributed by atoms with Crippen molar-refractivity contribution in [3.05, 3.63) is 47.4 Å². The third-order valence-corrected chi connectivity index (χ3v) is 4.18. The summed E-state index contributed by atoms with van der Waals surface area (Å²) in [7, 11) is 0. The molecule has 2 aromatic rings. The molecule has 6 nitrogen and oxygen atoms in total. The van der Waals surface area contributed by atoms with Gasteiger partial charge in [0.15, 0.2) is 0 Å². The van der Waals surface area contributed by atoms with Gasteiger partial charge in [0.25, 0.3) is 5.91 Å². The lowest BCUT2D eigenvalue weighted by Crippen LogP contribution is -2.19. The molecule has 2 heterocycles. The highest BCUT2D eigenvalue weighted by molar-refractivity contribution is 6.02. The zero-order valence-corrected chi connectivity index (χ0v) is 14.0. The Morgan fingerprint density at radius 3 is 2.79 bits per heavy atom. The van der Waals surface area contributed by atoms with E-state index in [2.05, 4.69) is 20.6 Å². The smallest absolute Gasteiger partial charge is 0.275 e. The second kappa shape index (κ2) is 7.40. The molecule has 3 rings (SSSR count). The highest BCUT2D eigenvalue weighted by atomic mass is 16.5. The van der Waals surface area contributed by atoms with Crippen molar-refractivity contribution in [2.45, 2.75) is 32.8 Å². The molecular weight excluding hydrogens is 304 g/mol. The monoisotopic (exact) mass is 326 g/mol. The predicted octanol–water partition coefficient (Wildman–Crippen LogP) is 2.94. The number of aryl methyl sites for hydroxylation is 2. The highest BCUT2D eigenvalue weighted by Gasteiger charge is 2.15.